The molecule has 0 saturated carbocycles. The summed E-state index contributed by atoms with van der Waals surface area (Å²) in [4.78, 5) is 36.7. The fraction of sp³-hybridized carbons (Fsp3) is 0.578. The van der Waals surface area contributed by atoms with E-state index < -0.39 is 18.1 Å². The van der Waals surface area contributed by atoms with Crippen LogP contribution in [0.25, 0.3) is 0 Å². The quantitative estimate of drug-likeness (QED) is 0.0218. The molecule has 0 N–H and O–H groups in total. The van der Waals surface area contributed by atoms with Gasteiger partial charge in [0.2, 0.25) is 0 Å². The molecule has 298 valence electrons. The molecule has 0 radical (unpaired) electrons. The topological polar surface area (TPSA) is 102 Å². The normalized spacial score (nSPS) is 14.1. The zero-order valence-corrected chi connectivity index (χ0v) is 33.6. The summed E-state index contributed by atoms with van der Waals surface area (Å²) >= 11 is 0. The van der Waals surface area contributed by atoms with Crippen molar-refractivity contribution in [1.82, 2.24) is 0 Å². The van der Waals surface area contributed by atoms with Gasteiger partial charge in [0.15, 0.2) is 6.10 Å². The number of carbonyl (C=O) groups excluding carboxylic acids is 3. The van der Waals surface area contributed by atoms with Crippen molar-refractivity contribution in [2.45, 2.75) is 129 Å². The van der Waals surface area contributed by atoms with E-state index in [-0.39, 0.29) is 55.5 Å². The molecule has 0 saturated heterocycles. The summed E-state index contributed by atoms with van der Waals surface area (Å²) < 4.78 is 17.0. The molecule has 0 amide bonds. The molecule has 2 atom stereocenters. The molecule has 0 spiro atoms. The van der Waals surface area contributed by atoms with Gasteiger partial charge in [0.25, 0.3) is 0 Å². The Kier molecular flexibility index (Phi) is 32.8. The van der Waals surface area contributed by atoms with E-state index in [0.29, 0.717) is 12.8 Å². The smallest absolute Gasteiger partial charge is 0.306 e. The Balaban J connectivity index is 4.56. The third-order valence-corrected chi connectivity index (χ3v) is 8.06. The Morgan fingerprint density at radius 3 is 1.66 bits per heavy atom. The van der Waals surface area contributed by atoms with Crippen LogP contribution in [0.15, 0.2) is 97.2 Å². The maximum absolute atomic E-state index is 12.7. The minimum Gasteiger partial charge on any atom is -0.544 e. The van der Waals surface area contributed by atoms with E-state index in [1.54, 1.807) is 21.1 Å². The summed E-state index contributed by atoms with van der Waals surface area (Å²) in [7, 11) is 5.36. The molecule has 0 aliphatic heterocycles. The van der Waals surface area contributed by atoms with Crippen molar-refractivity contribution in [3.05, 3.63) is 97.2 Å². The number of hydrogen-bond donors (Lipinski definition) is 0. The molecule has 2 unspecified atom stereocenters. The lowest BCUT2D eigenvalue weighted by atomic mass is 10.1. The average molecular weight is 738 g/mol. The van der Waals surface area contributed by atoms with Crippen LogP contribution in [-0.4, -0.2) is 75.5 Å². The summed E-state index contributed by atoms with van der Waals surface area (Å²) in [6.07, 6.45) is 45.8. The lowest BCUT2D eigenvalue weighted by Crippen LogP contribution is -2.55. The molecule has 8 nitrogen and oxygen atoms in total. The highest BCUT2D eigenvalue weighted by Gasteiger charge is 2.25. The number of allylic oxidation sites excluding steroid dienone is 16. The molecule has 0 bridgehead atoms. The van der Waals surface area contributed by atoms with Gasteiger partial charge in [0.05, 0.1) is 40.3 Å². The first-order valence-corrected chi connectivity index (χ1v) is 19.8. The van der Waals surface area contributed by atoms with Gasteiger partial charge in [-0.05, 0) is 70.6 Å². The summed E-state index contributed by atoms with van der Waals surface area (Å²) in [5.41, 5.74) is 0. The van der Waals surface area contributed by atoms with Gasteiger partial charge in [0.1, 0.15) is 12.6 Å². The lowest BCUT2D eigenvalue weighted by molar-refractivity contribution is -0.889. The van der Waals surface area contributed by atoms with Crippen LogP contribution in [-0.2, 0) is 28.6 Å². The van der Waals surface area contributed by atoms with Gasteiger partial charge in [-0.1, -0.05) is 124 Å². The Morgan fingerprint density at radius 1 is 0.585 bits per heavy atom. The zero-order chi connectivity index (χ0) is 39.3. The fourth-order valence-electron chi connectivity index (χ4n) is 5.01. The van der Waals surface area contributed by atoms with Crippen molar-refractivity contribution >= 4 is 17.9 Å². The second-order valence-electron chi connectivity index (χ2n) is 13.8. The van der Waals surface area contributed by atoms with Gasteiger partial charge in [-0.25, -0.2) is 0 Å². The van der Waals surface area contributed by atoms with Crippen LogP contribution in [0.5, 0.6) is 0 Å². The molecule has 0 aromatic heterocycles. The second-order valence-corrected chi connectivity index (χ2v) is 13.8. The summed E-state index contributed by atoms with van der Waals surface area (Å²) in [5.74, 6) is -1.85. The van der Waals surface area contributed by atoms with E-state index in [2.05, 4.69) is 74.6 Å². The molecule has 0 aliphatic rings. The highest BCUT2D eigenvalue weighted by Crippen LogP contribution is 2.11. The zero-order valence-electron chi connectivity index (χ0n) is 33.6. The van der Waals surface area contributed by atoms with Crippen LogP contribution in [0.1, 0.15) is 117 Å². The molecule has 53 heavy (non-hydrogen) atoms. The number of aliphatic carboxylic acids is 1. The second kappa shape index (κ2) is 35.3. The van der Waals surface area contributed by atoms with Crippen LogP contribution in [0.2, 0.25) is 0 Å². The minimum absolute atomic E-state index is 0.00771. The highest BCUT2D eigenvalue weighted by molar-refractivity contribution is 5.70. The first-order chi connectivity index (χ1) is 25.6. The van der Waals surface area contributed by atoms with Crippen LogP contribution in [0.4, 0.5) is 0 Å². The molecule has 0 aromatic carbocycles. The third kappa shape index (κ3) is 33.8. The van der Waals surface area contributed by atoms with Gasteiger partial charge in [-0.2, -0.15) is 0 Å². The molecule has 8 heteroatoms. The van der Waals surface area contributed by atoms with Gasteiger partial charge < -0.3 is 28.6 Å². The highest BCUT2D eigenvalue weighted by atomic mass is 16.6. The number of carboxylic acids is 1. The molecule has 0 aromatic rings. The van der Waals surface area contributed by atoms with Crippen molar-refractivity contribution < 1.29 is 38.2 Å². The molecule has 0 rings (SSSR count). The van der Waals surface area contributed by atoms with E-state index in [4.69, 9.17) is 14.2 Å². The standard InChI is InChI=1S/C45H71NO7/c1-6-8-10-12-14-16-18-20-21-22-24-26-28-30-32-34-36-44(48)53-41(39-51-38-37-42(45(49)50)46(3,4)5)40-52-43(47)35-33-31-29-27-25-23-19-17-15-13-11-9-7-2/h8-11,13-17,19-21,23-26,41-42H,6-7,12,18,22,27-40H2,1-5H3/b10-8+,11-9+,15-13+,16-14+,19-17+,21-20+,25-23+,26-24+. The van der Waals surface area contributed by atoms with Gasteiger partial charge in [-0.3, -0.25) is 9.59 Å². The van der Waals surface area contributed by atoms with E-state index >= 15 is 0 Å². The predicted molar refractivity (Wildman–Crippen MR) is 217 cm³/mol. The van der Waals surface area contributed by atoms with E-state index in [1.165, 1.54) is 0 Å². The van der Waals surface area contributed by atoms with Crippen molar-refractivity contribution in [2.75, 3.05) is 41.0 Å². The number of carbonyl (C=O) groups is 3. The Bertz CT molecular complexity index is 1180. The van der Waals surface area contributed by atoms with Crippen molar-refractivity contribution in [3.8, 4) is 0 Å². The first kappa shape index (κ1) is 49.2. The number of rotatable bonds is 33. The third-order valence-electron chi connectivity index (χ3n) is 8.06. The van der Waals surface area contributed by atoms with E-state index in [9.17, 15) is 19.5 Å². The lowest BCUT2D eigenvalue weighted by Gasteiger charge is -2.34. The number of esters is 2. The Labute approximate surface area is 322 Å². The van der Waals surface area contributed by atoms with Gasteiger partial charge >= 0.3 is 11.9 Å². The average Bonchev–Trinajstić information content (AvgIpc) is 3.11. The van der Waals surface area contributed by atoms with E-state index in [1.807, 2.05) is 36.5 Å². The number of carboxylic acid groups (broad SMARTS) is 1. The van der Waals surface area contributed by atoms with Crippen LogP contribution < -0.4 is 5.11 Å². The van der Waals surface area contributed by atoms with Crippen molar-refractivity contribution in [3.63, 3.8) is 0 Å². The maximum atomic E-state index is 12.7. The molecule has 0 aliphatic carbocycles. The molecule has 0 heterocycles. The Hall–Kier alpha value is -3.75. The maximum Gasteiger partial charge on any atom is 0.306 e. The SMILES string of the molecule is CC/C=C/C=C/C=C/C=C/CCCCCC(=O)OCC(COCCC(C(=O)[O-])[N+](C)(C)C)OC(=O)CCCCC/C=C/C/C=C/C/C=C/C/C=C/CC. The van der Waals surface area contributed by atoms with Gasteiger partial charge in [0, 0.05) is 19.3 Å². The van der Waals surface area contributed by atoms with E-state index in [0.717, 1.165) is 70.6 Å². The molecule has 0 fully saturated rings. The van der Waals surface area contributed by atoms with Crippen LogP contribution >= 0.6 is 0 Å². The van der Waals surface area contributed by atoms with Crippen LogP contribution in [0.3, 0.4) is 0 Å². The fourth-order valence-corrected chi connectivity index (χ4v) is 5.01. The number of ether oxygens (including phenoxy) is 3. The Morgan fingerprint density at radius 2 is 1.09 bits per heavy atom. The van der Waals surface area contributed by atoms with Crippen molar-refractivity contribution in [2.24, 2.45) is 0 Å². The number of unbranched alkanes of at least 4 members (excludes halogenated alkanes) is 6. The summed E-state index contributed by atoms with van der Waals surface area (Å²) in [6.45, 7) is 4.29. The van der Waals surface area contributed by atoms with Crippen molar-refractivity contribution in [1.29, 1.82) is 0 Å². The summed E-state index contributed by atoms with van der Waals surface area (Å²) in [5, 5.41) is 11.6. The minimum atomic E-state index is -1.14. The number of quaternary nitrogens is 1. The monoisotopic (exact) mass is 738 g/mol. The first-order valence-electron chi connectivity index (χ1n) is 19.8. The number of nitrogens with zero attached hydrogens (tertiary/aromatic N) is 1. The number of hydrogen-bond acceptors (Lipinski definition) is 7. The predicted octanol–water partition coefficient (Wildman–Crippen LogP) is 9.01. The molecular weight excluding hydrogens is 666 g/mol. The summed E-state index contributed by atoms with van der Waals surface area (Å²) in [6, 6.07) is -0.743. The molecular formula is C45H71NO7. The largest absolute Gasteiger partial charge is 0.544 e. The van der Waals surface area contributed by atoms with Crippen LogP contribution in [0, 0.1) is 0 Å². The van der Waals surface area contributed by atoms with Gasteiger partial charge in [-0.15, -0.1) is 0 Å². The number of likely N-dealkylation sites (N-methyl/N-ethyl adjacent to an activating group) is 1.